The summed E-state index contributed by atoms with van der Waals surface area (Å²) in [6.45, 7) is 2.30. The molecule has 0 aromatic heterocycles. The fraction of sp³-hybridized carbons (Fsp3) is 0.529. The monoisotopic (exact) mass is 323 g/mol. The van der Waals surface area contributed by atoms with Crippen molar-refractivity contribution in [2.45, 2.75) is 38.1 Å². The van der Waals surface area contributed by atoms with Gasteiger partial charge in [-0.25, -0.2) is 8.78 Å². The molecule has 23 heavy (non-hydrogen) atoms. The van der Waals surface area contributed by atoms with Crippen molar-refractivity contribution in [1.29, 1.82) is 0 Å². The van der Waals surface area contributed by atoms with Crippen molar-refractivity contribution in [3.05, 3.63) is 35.4 Å². The molecule has 1 aliphatic carbocycles. The fourth-order valence-electron chi connectivity index (χ4n) is 3.61. The van der Waals surface area contributed by atoms with Crippen LogP contribution in [0.4, 0.5) is 8.78 Å². The van der Waals surface area contributed by atoms with Gasteiger partial charge in [-0.3, -0.25) is 9.59 Å². The Labute approximate surface area is 133 Å². The van der Waals surface area contributed by atoms with E-state index in [1.165, 1.54) is 12.1 Å². The second-order valence-electron chi connectivity index (χ2n) is 6.47. The Morgan fingerprint density at radius 2 is 2.00 bits per heavy atom. The lowest BCUT2D eigenvalue weighted by atomic mass is 9.90. The molecule has 1 N–H and O–H groups in total. The molecule has 6 heteroatoms. The van der Waals surface area contributed by atoms with E-state index in [2.05, 4.69) is 0 Å². The number of carbonyl (C=O) groups excluding carboxylic acids is 1. The Morgan fingerprint density at radius 3 is 2.65 bits per heavy atom. The first-order valence-corrected chi connectivity index (χ1v) is 7.88. The molecule has 1 aliphatic heterocycles. The number of hydrogen-bond acceptors (Lipinski definition) is 2. The molecule has 1 amide bonds. The fourth-order valence-corrected chi connectivity index (χ4v) is 3.61. The third-order valence-electron chi connectivity index (χ3n) is 5.06. The highest BCUT2D eigenvalue weighted by Crippen LogP contribution is 2.50. The molecule has 2 aliphatic rings. The number of aliphatic carboxylic acids is 1. The summed E-state index contributed by atoms with van der Waals surface area (Å²) in [6.07, 6.45) is 1.76. The molecule has 0 radical (unpaired) electrons. The second-order valence-corrected chi connectivity index (χ2v) is 6.47. The number of halogens is 2. The minimum absolute atomic E-state index is 0.114. The van der Waals surface area contributed by atoms with E-state index in [-0.39, 0.29) is 23.8 Å². The number of rotatable bonds is 3. The van der Waals surface area contributed by atoms with Gasteiger partial charge in [0, 0.05) is 24.6 Å². The van der Waals surface area contributed by atoms with Gasteiger partial charge in [0.05, 0.1) is 5.92 Å². The highest BCUT2D eigenvalue weighted by molar-refractivity contribution is 5.84. The van der Waals surface area contributed by atoms with Gasteiger partial charge >= 0.3 is 5.97 Å². The Bertz CT molecular complexity index is 649. The molecule has 124 valence electrons. The van der Waals surface area contributed by atoms with Crippen molar-refractivity contribution in [3.63, 3.8) is 0 Å². The second kappa shape index (κ2) is 5.91. The smallest absolute Gasteiger partial charge is 0.308 e. The first-order chi connectivity index (χ1) is 10.9. The van der Waals surface area contributed by atoms with Crippen LogP contribution < -0.4 is 0 Å². The number of carboxylic acid groups (broad SMARTS) is 1. The van der Waals surface area contributed by atoms with E-state index < -0.39 is 23.5 Å². The average Bonchev–Trinajstić information content (AvgIpc) is 3.26. The molecular weight excluding hydrogens is 304 g/mol. The molecule has 1 aromatic carbocycles. The summed E-state index contributed by atoms with van der Waals surface area (Å²) in [6, 6.07) is 3.07. The van der Waals surface area contributed by atoms with Crippen molar-refractivity contribution in [1.82, 2.24) is 4.90 Å². The molecule has 2 unspecified atom stereocenters. The Morgan fingerprint density at radius 1 is 1.26 bits per heavy atom. The molecule has 1 saturated carbocycles. The Kier molecular flexibility index (Phi) is 4.08. The van der Waals surface area contributed by atoms with E-state index in [1.807, 2.05) is 0 Å². The zero-order valence-corrected chi connectivity index (χ0v) is 12.8. The first kappa shape index (κ1) is 15.9. The minimum atomic E-state index is -0.882. The lowest BCUT2D eigenvalue weighted by Gasteiger charge is -2.37. The van der Waals surface area contributed by atoms with Crippen LogP contribution in [0.5, 0.6) is 0 Å². The summed E-state index contributed by atoms with van der Waals surface area (Å²) in [5, 5.41) is 9.23. The van der Waals surface area contributed by atoms with Crippen LogP contribution in [0.1, 0.15) is 37.7 Å². The number of carbonyl (C=O) groups is 2. The van der Waals surface area contributed by atoms with Gasteiger partial charge in [0.15, 0.2) is 0 Å². The van der Waals surface area contributed by atoms with Gasteiger partial charge in [-0.2, -0.15) is 0 Å². The number of likely N-dealkylation sites (tertiary alicyclic amines) is 1. The number of piperidine rings is 1. The van der Waals surface area contributed by atoms with Crippen molar-refractivity contribution >= 4 is 11.9 Å². The van der Waals surface area contributed by atoms with Crippen LogP contribution in [0.15, 0.2) is 18.2 Å². The van der Waals surface area contributed by atoms with Crippen molar-refractivity contribution < 1.29 is 23.5 Å². The normalized spacial score (nSPS) is 30.1. The average molecular weight is 323 g/mol. The van der Waals surface area contributed by atoms with E-state index in [1.54, 1.807) is 11.8 Å². The molecule has 3 rings (SSSR count). The van der Waals surface area contributed by atoms with Gasteiger partial charge in [-0.1, -0.05) is 6.07 Å². The lowest BCUT2D eigenvalue weighted by molar-refractivity contribution is -0.149. The largest absolute Gasteiger partial charge is 0.481 e. The maximum absolute atomic E-state index is 13.8. The summed E-state index contributed by atoms with van der Waals surface area (Å²) in [4.78, 5) is 25.5. The van der Waals surface area contributed by atoms with Crippen LogP contribution in [-0.4, -0.2) is 34.5 Å². The highest BCUT2D eigenvalue weighted by atomic mass is 19.1. The van der Waals surface area contributed by atoms with Crippen molar-refractivity contribution in [3.8, 4) is 0 Å². The van der Waals surface area contributed by atoms with E-state index >= 15 is 0 Å². The number of nitrogens with zero attached hydrogens (tertiary/aromatic N) is 1. The molecule has 4 atom stereocenters. The predicted molar refractivity (Wildman–Crippen MR) is 78.7 cm³/mol. The van der Waals surface area contributed by atoms with Gasteiger partial charge in [0.2, 0.25) is 5.91 Å². The third kappa shape index (κ3) is 2.94. The first-order valence-electron chi connectivity index (χ1n) is 7.88. The van der Waals surface area contributed by atoms with E-state index in [0.717, 1.165) is 6.07 Å². The summed E-state index contributed by atoms with van der Waals surface area (Å²) in [5.74, 6) is -3.37. The standard InChI is InChI=1S/C17H19F2NO3/c1-9-11(17(22)23)3-2-6-20(9)16(21)14-8-13(14)12-5-4-10(18)7-15(12)19/h4-5,7,9,11,13-14H,2-3,6,8H2,1H3,(H,22,23)/t9-,11-,13?,14?/m1/s1. The van der Waals surface area contributed by atoms with Crippen LogP contribution in [0.25, 0.3) is 0 Å². The molecule has 4 nitrogen and oxygen atoms in total. The molecule has 2 fully saturated rings. The zero-order valence-electron chi connectivity index (χ0n) is 12.8. The van der Waals surface area contributed by atoms with Crippen LogP contribution in [0.3, 0.4) is 0 Å². The molecule has 0 spiro atoms. The Hall–Kier alpha value is -1.98. The van der Waals surface area contributed by atoms with Crippen molar-refractivity contribution in [2.24, 2.45) is 11.8 Å². The zero-order chi connectivity index (χ0) is 16.7. The van der Waals surface area contributed by atoms with Crippen LogP contribution in [0, 0.1) is 23.5 Å². The summed E-state index contributed by atoms with van der Waals surface area (Å²) >= 11 is 0. The maximum atomic E-state index is 13.8. The van der Waals surface area contributed by atoms with Crippen LogP contribution in [0.2, 0.25) is 0 Å². The quantitative estimate of drug-likeness (QED) is 0.930. The van der Waals surface area contributed by atoms with E-state index in [4.69, 9.17) is 0 Å². The highest BCUT2D eigenvalue weighted by Gasteiger charge is 2.49. The van der Waals surface area contributed by atoms with Gasteiger partial charge in [-0.05, 0) is 43.7 Å². The number of amides is 1. The van der Waals surface area contributed by atoms with Crippen molar-refractivity contribution in [2.75, 3.05) is 6.54 Å². The molecular formula is C17H19F2NO3. The van der Waals surface area contributed by atoms with Gasteiger partial charge in [0.25, 0.3) is 0 Å². The number of carboxylic acids is 1. The summed E-state index contributed by atoms with van der Waals surface area (Å²) < 4.78 is 26.8. The molecule has 1 aromatic rings. The van der Waals surface area contributed by atoms with E-state index in [9.17, 15) is 23.5 Å². The van der Waals surface area contributed by atoms with Gasteiger partial charge in [0.1, 0.15) is 11.6 Å². The van der Waals surface area contributed by atoms with Gasteiger partial charge < -0.3 is 10.0 Å². The van der Waals surface area contributed by atoms with Gasteiger partial charge in [-0.15, -0.1) is 0 Å². The topological polar surface area (TPSA) is 57.6 Å². The number of hydrogen-bond donors (Lipinski definition) is 1. The van der Waals surface area contributed by atoms with E-state index in [0.29, 0.717) is 31.4 Å². The Balaban J connectivity index is 1.71. The summed E-state index contributed by atoms with van der Waals surface area (Å²) in [5.41, 5.74) is 0.365. The third-order valence-corrected chi connectivity index (χ3v) is 5.06. The predicted octanol–water partition coefficient (Wildman–Crippen LogP) is 2.78. The molecule has 1 saturated heterocycles. The van der Waals surface area contributed by atoms with Crippen LogP contribution >= 0.6 is 0 Å². The lowest BCUT2D eigenvalue weighted by Crippen LogP contribution is -2.49. The van der Waals surface area contributed by atoms with Crippen LogP contribution in [-0.2, 0) is 9.59 Å². The minimum Gasteiger partial charge on any atom is -0.481 e. The number of benzene rings is 1. The summed E-state index contributed by atoms with van der Waals surface area (Å²) in [7, 11) is 0. The molecule has 0 bridgehead atoms. The SMILES string of the molecule is C[C@@H]1[C@H](C(=O)O)CCCN1C(=O)C1CC1c1ccc(F)cc1F. The maximum Gasteiger partial charge on any atom is 0.308 e. The molecule has 1 heterocycles.